The summed E-state index contributed by atoms with van der Waals surface area (Å²) >= 11 is 5.93. The molecule has 17 heavy (non-hydrogen) atoms. The molecule has 0 saturated heterocycles. The van der Waals surface area contributed by atoms with E-state index >= 15 is 0 Å². The molecule has 0 fully saturated rings. The van der Waals surface area contributed by atoms with Gasteiger partial charge in [0.1, 0.15) is 11.4 Å². The lowest BCUT2D eigenvalue weighted by Crippen LogP contribution is -2.07. The molecule has 0 aliphatic carbocycles. The molecular formula is C10H12ClN5O. The zero-order valence-corrected chi connectivity index (χ0v) is 10.3. The van der Waals surface area contributed by atoms with Crippen molar-refractivity contribution in [3.05, 3.63) is 29.0 Å². The van der Waals surface area contributed by atoms with Crippen LogP contribution in [0.25, 0.3) is 5.69 Å². The van der Waals surface area contributed by atoms with Crippen LogP contribution >= 0.6 is 11.6 Å². The number of hydrogen-bond acceptors (Lipinski definition) is 5. The van der Waals surface area contributed by atoms with Gasteiger partial charge in [0.25, 0.3) is 0 Å². The van der Waals surface area contributed by atoms with Gasteiger partial charge in [-0.05, 0) is 30.5 Å². The Hall–Kier alpha value is -1.66. The third-order valence-corrected chi connectivity index (χ3v) is 2.38. The Balaban J connectivity index is 2.40. The number of rotatable bonds is 4. The van der Waals surface area contributed by atoms with Crippen molar-refractivity contribution in [1.82, 2.24) is 25.5 Å². The lowest BCUT2D eigenvalue weighted by Gasteiger charge is -2.06. The van der Waals surface area contributed by atoms with E-state index in [1.54, 1.807) is 25.3 Å². The van der Waals surface area contributed by atoms with Crippen LogP contribution in [0.5, 0.6) is 5.75 Å². The first-order valence-electron chi connectivity index (χ1n) is 5.02. The fourth-order valence-corrected chi connectivity index (χ4v) is 1.56. The second kappa shape index (κ2) is 5.11. The molecule has 0 aliphatic heterocycles. The van der Waals surface area contributed by atoms with Gasteiger partial charge in [-0.15, -0.1) is 15.0 Å². The number of hydrogen-bond donors (Lipinski definition) is 1. The Kier molecular flexibility index (Phi) is 3.55. The molecule has 0 saturated carbocycles. The van der Waals surface area contributed by atoms with Gasteiger partial charge in [-0.1, -0.05) is 11.6 Å². The number of nitrogens with zero attached hydrogens (tertiary/aromatic N) is 4. The maximum atomic E-state index is 5.93. The first-order valence-corrected chi connectivity index (χ1v) is 5.40. The van der Waals surface area contributed by atoms with Gasteiger partial charge >= 0.3 is 0 Å². The number of halogens is 1. The van der Waals surface area contributed by atoms with E-state index in [0.29, 0.717) is 28.8 Å². The van der Waals surface area contributed by atoms with Crippen LogP contribution in [0.4, 0.5) is 0 Å². The highest BCUT2D eigenvalue weighted by Gasteiger charge is 2.10. The third kappa shape index (κ3) is 2.54. The fraction of sp³-hybridized carbons (Fsp3) is 0.300. The summed E-state index contributed by atoms with van der Waals surface area (Å²) < 4.78 is 5.22. The van der Waals surface area contributed by atoms with Crippen molar-refractivity contribution in [2.75, 3.05) is 14.2 Å². The quantitative estimate of drug-likeness (QED) is 0.882. The minimum Gasteiger partial charge on any atom is -0.494 e. The van der Waals surface area contributed by atoms with Crippen LogP contribution in [0, 0.1) is 0 Å². The van der Waals surface area contributed by atoms with Crippen molar-refractivity contribution in [1.29, 1.82) is 0 Å². The Labute approximate surface area is 104 Å². The van der Waals surface area contributed by atoms with Gasteiger partial charge in [-0.25, -0.2) is 0 Å². The molecule has 0 aliphatic rings. The van der Waals surface area contributed by atoms with E-state index in [0.717, 1.165) is 0 Å². The molecule has 0 radical (unpaired) electrons. The average molecular weight is 254 g/mol. The van der Waals surface area contributed by atoms with Crippen LogP contribution < -0.4 is 10.1 Å². The summed E-state index contributed by atoms with van der Waals surface area (Å²) in [6, 6.07) is 5.24. The molecule has 0 unspecified atom stereocenters. The molecule has 0 atom stereocenters. The summed E-state index contributed by atoms with van der Waals surface area (Å²) in [7, 11) is 3.40. The summed E-state index contributed by atoms with van der Waals surface area (Å²) in [6.45, 7) is 0.558. The Bertz CT molecular complexity index is 513. The van der Waals surface area contributed by atoms with Crippen LogP contribution in [-0.4, -0.2) is 34.4 Å². The van der Waals surface area contributed by atoms with E-state index in [9.17, 15) is 0 Å². The van der Waals surface area contributed by atoms with Gasteiger partial charge in [0.15, 0.2) is 5.82 Å². The largest absolute Gasteiger partial charge is 0.494 e. The van der Waals surface area contributed by atoms with Gasteiger partial charge in [-0.3, -0.25) is 0 Å². The highest BCUT2D eigenvalue weighted by atomic mass is 35.5. The molecule has 7 heteroatoms. The van der Waals surface area contributed by atoms with Crippen molar-refractivity contribution in [2.24, 2.45) is 0 Å². The second-order valence-corrected chi connectivity index (χ2v) is 3.78. The van der Waals surface area contributed by atoms with E-state index in [1.807, 2.05) is 7.05 Å². The van der Waals surface area contributed by atoms with Crippen LogP contribution in [0.15, 0.2) is 18.2 Å². The molecule has 6 nitrogen and oxygen atoms in total. The van der Waals surface area contributed by atoms with Crippen molar-refractivity contribution >= 4 is 11.6 Å². The van der Waals surface area contributed by atoms with Crippen LogP contribution in [0.1, 0.15) is 5.82 Å². The zero-order chi connectivity index (χ0) is 12.3. The SMILES string of the molecule is CNCc1nnn(-c2cc(Cl)ccc2OC)n1. The van der Waals surface area contributed by atoms with Gasteiger partial charge in [0.2, 0.25) is 0 Å². The second-order valence-electron chi connectivity index (χ2n) is 3.34. The van der Waals surface area contributed by atoms with Gasteiger partial charge in [-0.2, -0.15) is 0 Å². The molecule has 1 N–H and O–H groups in total. The summed E-state index contributed by atoms with van der Waals surface area (Å²) in [5.41, 5.74) is 0.662. The van der Waals surface area contributed by atoms with E-state index in [4.69, 9.17) is 16.3 Å². The topological polar surface area (TPSA) is 64.9 Å². The normalized spacial score (nSPS) is 10.5. The minimum atomic E-state index is 0.558. The maximum Gasteiger partial charge on any atom is 0.188 e. The van der Waals surface area contributed by atoms with Crippen molar-refractivity contribution in [3.8, 4) is 11.4 Å². The first-order chi connectivity index (χ1) is 8.24. The number of aromatic nitrogens is 4. The fourth-order valence-electron chi connectivity index (χ4n) is 1.39. The molecule has 2 aromatic rings. The first kappa shape index (κ1) is 11.8. The standard InChI is InChI=1S/C10H12ClN5O/c1-12-6-10-13-15-16(14-10)8-5-7(11)3-4-9(8)17-2/h3-5,12H,6H2,1-2H3. The number of nitrogens with one attached hydrogen (secondary N) is 1. The van der Waals surface area contributed by atoms with Crippen molar-refractivity contribution in [3.63, 3.8) is 0 Å². The summed E-state index contributed by atoms with van der Waals surface area (Å²) in [4.78, 5) is 1.40. The van der Waals surface area contributed by atoms with E-state index < -0.39 is 0 Å². The number of methoxy groups -OCH3 is 1. The van der Waals surface area contributed by atoms with Gasteiger partial charge in [0.05, 0.1) is 13.7 Å². The highest BCUT2D eigenvalue weighted by Crippen LogP contribution is 2.24. The molecule has 2 rings (SSSR count). The van der Waals surface area contributed by atoms with Crippen molar-refractivity contribution in [2.45, 2.75) is 6.54 Å². The average Bonchev–Trinajstić information content (AvgIpc) is 2.78. The van der Waals surface area contributed by atoms with E-state index in [2.05, 4.69) is 20.7 Å². The predicted molar refractivity (Wildman–Crippen MR) is 63.5 cm³/mol. The molecule has 1 aromatic carbocycles. The monoisotopic (exact) mass is 253 g/mol. The van der Waals surface area contributed by atoms with E-state index in [-0.39, 0.29) is 0 Å². The third-order valence-electron chi connectivity index (χ3n) is 2.15. The molecule has 90 valence electrons. The van der Waals surface area contributed by atoms with Crippen LogP contribution in [-0.2, 0) is 6.54 Å². The number of ether oxygens (including phenoxy) is 1. The van der Waals surface area contributed by atoms with E-state index in [1.165, 1.54) is 4.80 Å². The molecular weight excluding hydrogens is 242 g/mol. The Morgan fingerprint density at radius 2 is 2.29 bits per heavy atom. The van der Waals surface area contributed by atoms with Crippen LogP contribution in [0.2, 0.25) is 5.02 Å². The van der Waals surface area contributed by atoms with Crippen molar-refractivity contribution < 1.29 is 4.74 Å². The molecule has 0 amide bonds. The summed E-state index contributed by atoms with van der Waals surface area (Å²) in [5.74, 6) is 1.25. The molecule has 0 spiro atoms. The molecule has 1 heterocycles. The highest BCUT2D eigenvalue weighted by molar-refractivity contribution is 6.30. The summed E-state index contributed by atoms with van der Waals surface area (Å²) in [6.07, 6.45) is 0. The molecule has 0 bridgehead atoms. The van der Waals surface area contributed by atoms with Gasteiger partial charge < -0.3 is 10.1 Å². The predicted octanol–water partition coefficient (Wildman–Crippen LogP) is 1.04. The number of benzene rings is 1. The maximum absolute atomic E-state index is 5.93. The zero-order valence-electron chi connectivity index (χ0n) is 9.51. The molecule has 1 aromatic heterocycles. The number of tetrazole rings is 1. The lowest BCUT2D eigenvalue weighted by molar-refractivity contribution is 0.409. The van der Waals surface area contributed by atoms with Crippen LogP contribution in [0.3, 0.4) is 0 Å². The minimum absolute atomic E-state index is 0.558. The van der Waals surface area contributed by atoms with Gasteiger partial charge in [0, 0.05) is 5.02 Å². The summed E-state index contributed by atoms with van der Waals surface area (Å²) in [5, 5.41) is 15.6. The lowest BCUT2D eigenvalue weighted by atomic mass is 10.3. The smallest absolute Gasteiger partial charge is 0.188 e. The Morgan fingerprint density at radius 3 is 3.00 bits per heavy atom. The Morgan fingerprint density at radius 1 is 1.47 bits per heavy atom.